The van der Waals surface area contributed by atoms with E-state index in [-0.39, 0.29) is 13.2 Å². The van der Waals surface area contributed by atoms with Crippen LogP contribution in [0, 0.1) is 0 Å². The van der Waals surface area contributed by atoms with Gasteiger partial charge in [0.15, 0.2) is 0 Å². The Morgan fingerprint density at radius 2 is 1.64 bits per heavy atom. The average molecular weight is 452 g/mol. The van der Waals surface area contributed by atoms with E-state index in [9.17, 15) is 4.79 Å². The number of carbonyl (C=O) groups is 1. The van der Waals surface area contributed by atoms with E-state index in [1.165, 1.54) is 6.33 Å². The SMILES string of the molecule is COc1ccc(Nc2cc(-c3ccc(OCCOCC(=O)OC(C)(C)C)cc3)ncn2)cc1. The number of rotatable bonds is 10. The van der Waals surface area contributed by atoms with Gasteiger partial charge in [-0.15, -0.1) is 0 Å². The minimum atomic E-state index is -0.519. The molecular weight excluding hydrogens is 422 g/mol. The van der Waals surface area contributed by atoms with Gasteiger partial charge in [0.1, 0.15) is 42.5 Å². The Hall–Kier alpha value is -3.65. The number of carbonyl (C=O) groups excluding carboxylic acids is 1. The van der Waals surface area contributed by atoms with Crippen LogP contribution in [0.3, 0.4) is 0 Å². The first kappa shape index (κ1) is 24.0. The lowest BCUT2D eigenvalue weighted by Crippen LogP contribution is -2.27. The highest BCUT2D eigenvalue weighted by atomic mass is 16.6. The smallest absolute Gasteiger partial charge is 0.332 e. The molecule has 0 aliphatic carbocycles. The zero-order valence-electron chi connectivity index (χ0n) is 19.3. The van der Waals surface area contributed by atoms with Crippen LogP contribution in [0.15, 0.2) is 60.9 Å². The van der Waals surface area contributed by atoms with Crippen molar-refractivity contribution < 1.29 is 23.7 Å². The Morgan fingerprint density at radius 3 is 2.30 bits per heavy atom. The Kier molecular flexibility index (Phi) is 8.21. The van der Waals surface area contributed by atoms with Crippen LogP contribution in [0.2, 0.25) is 0 Å². The molecule has 0 amide bonds. The lowest BCUT2D eigenvalue weighted by molar-refractivity contribution is -0.160. The third kappa shape index (κ3) is 8.08. The Morgan fingerprint density at radius 1 is 0.939 bits per heavy atom. The van der Waals surface area contributed by atoms with Gasteiger partial charge in [-0.1, -0.05) is 0 Å². The van der Waals surface area contributed by atoms with E-state index in [2.05, 4.69) is 15.3 Å². The van der Waals surface area contributed by atoms with Gasteiger partial charge in [0.25, 0.3) is 0 Å². The van der Waals surface area contributed by atoms with Crippen LogP contribution >= 0.6 is 0 Å². The quantitative estimate of drug-likeness (QED) is 0.352. The summed E-state index contributed by atoms with van der Waals surface area (Å²) in [7, 11) is 1.63. The zero-order chi connectivity index (χ0) is 23.7. The molecule has 0 unspecified atom stereocenters. The van der Waals surface area contributed by atoms with Crippen molar-refractivity contribution in [1.82, 2.24) is 9.97 Å². The van der Waals surface area contributed by atoms with Crippen LogP contribution in [0.25, 0.3) is 11.3 Å². The van der Waals surface area contributed by atoms with E-state index in [0.717, 1.165) is 22.7 Å². The van der Waals surface area contributed by atoms with Gasteiger partial charge in [-0.05, 0) is 69.3 Å². The molecule has 174 valence electrons. The zero-order valence-corrected chi connectivity index (χ0v) is 19.3. The molecule has 33 heavy (non-hydrogen) atoms. The van der Waals surface area contributed by atoms with Crippen LogP contribution in [0.4, 0.5) is 11.5 Å². The van der Waals surface area contributed by atoms with Gasteiger partial charge in [-0.25, -0.2) is 14.8 Å². The fraction of sp³-hybridized carbons (Fsp3) is 0.320. The number of nitrogens with zero attached hydrogens (tertiary/aromatic N) is 2. The van der Waals surface area contributed by atoms with Crippen molar-refractivity contribution in [3.05, 3.63) is 60.9 Å². The van der Waals surface area contributed by atoms with Crippen LogP contribution in [0.5, 0.6) is 11.5 Å². The van der Waals surface area contributed by atoms with Crippen LogP contribution in [0.1, 0.15) is 20.8 Å². The maximum atomic E-state index is 11.6. The van der Waals surface area contributed by atoms with Crippen LogP contribution < -0.4 is 14.8 Å². The Bertz CT molecular complexity index is 1030. The largest absolute Gasteiger partial charge is 0.497 e. The van der Waals surface area contributed by atoms with Gasteiger partial charge in [0, 0.05) is 17.3 Å². The molecule has 2 aromatic carbocycles. The highest BCUT2D eigenvalue weighted by Crippen LogP contribution is 2.24. The molecule has 3 aromatic rings. The molecule has 1 heterocycles. The molecular formula is C25H29N3O5. The van der Waals surface area contributed by atoms with E-state index in [0.29, 0.717) is 18.2 Å². The summed E-state index contributed by atoms with van der Waals surface area (Å²) in [5.74, 6) is 1.79. The van der Waals surface area contributed by atoms with E-state index in [1.807, 2.05) is 75.4 Å². The first-order valence-electron chi connectivity index (χ1n) is 10.6. The van der Waals surface area contributed by atoms with E-state index in [4.69, 9.17) is 18.9 Å². The summed E-state index contributed by atoms with van der Waals surface area (Å²) in [5, 5.41) is 3.26. The minimum Gasteiger partial charge on any atom is -0.497 e. The van der Waals surface area contributed by atoms with Gasteiger partial charge in [-0.2, -0.15) is 0 Å². The number of ether oxygens (including phenoxy) is 4. The summed E-state index contributed by atoms with van der Waals surface area (Å²) in [5.41, 5.74) is 2.10. The number of methoxy groups -OCH3 is 1. The maximum absolute atomic E-state index is 11.6. The first-order chi connectivity index (χ1) is 15.8. The fourth-order valence-electron chi connectivity index (χ4n) is 2.87. The molecule has 1 N–H and O–H groups in total. The van der Waals surface area contributed by atoms with Crippen molar-refractivity contribution in [2.45, 2.75) is 26.4 Å². The standard InChI is InChI=1S/C25H29N3O5/c1-25(2,3)33-24(29)16-31-13-14-32-21-9-5-18(6-10-21)22-15-23(27-17-26-22)28-19-7-11-20(30-4)12-8-19/h5-12,15,17H,13-14,16H2,1-4H3,(H,26,27,28). The van der Waals surface area contributed by atoms with Crippen molar-refractivity contribution in [3.63, 3.8) is 0 Å². The fourth-order valence-corrected chi connectivity index (χ4v) is 2.87. The number of esters is 1. The molecule has 1 aromatic heterocycles. The molecule has 0 spiro atoms. The van der Waals surface area contributed by atoms with Crippen molar-refractivity contribution in [1.29, 1.82) is 0 Å². The molecule has 3 rings (SSSR count). The minimum absolute atomic E-state index is 0.0970. The number of benzene rings is 2. The van der Waals surface area contributed by atoms with Gasteiger partial charge in [0.05, 0.1) is 19.4 Å². The van der Waals surface area contributed by atoms with Gasteiger partial charge in [-0.3, -0.25) is 0 Å². The molecule has 8 nitrogen and oxygen atoms in total. The van der Waals surface area contributed by atoms with Crippen molar-refractivity contribution in [2.24, 2.45) is 0 Å². The van der Waals surface area contributed by atoms with Crippen molar-refractivity contribution in [3.8, 4) is 22.8 Å². The number of hydrogen-bond donors (Lipinski definition) is 1. The normalized spacial score (nSPS) is 11.0. The number of aromatic nitrogens is 2. The summed E-state index contributed by atoms with van der Waals surface area (Å²) < 4.78 is 21.3. The molecule has 0 aliphatic rings. The monoisotopic (exact) mass is 451 g/mol. The van der Waals surface area contributed by atoms with Gasteiger partial charge < -0.3 is 24.3 Å². The summed E-state index contributed by atoms with van der Waals surface area (Å²) in [4.78, 5) is 20.3. The molecule has 0 aliphatic heterocycles. The van der Waals surface area contributed by atoms with Crippen LogP contribution in [-0.4, -0.2) is 48.5 Å². The molecule has 0 radical (unpaired) electrons. The molecule has 0 saturated heterocycles. The Balaban J connectivity index is 1.48. The lowest BCUT2D eigenvalue weighted by atomic mass is 10.1. The molecule has 0 atom stereocenters. The topological polar surface area (TPSA) is 91.8 Å². The molecule has 0 bridgehead atoms. The predicted octanol–water partition coefficient (Wildman–Crippen LogP) is 4.63. The number of hydrogen-bond acceptors (Lipinski definition) is 8. The first-order valence-corrected chi connectivity index (χ1v) is 10.6. The van der Waals surface area contributed by atoms with E-state index < -0.39 is 11.6 Å². The number of nitrogens with one attached hydrogen (secondary N) is 1. The van der Waals surface area contributed by atoms with E-state index in [1.54, 1.807) is 7.11 Å². The van der Waals surface area contributed by atoms with Gasteiger partial charge in [0.2, 0.25) is 0 Å². The molecule has 0 fully saturated rings. The third-order valence-electron chi connectivity index (χ3n) is 4.32. The second-order valence-electron chi connectivity index (χ2n) is 8.15. The van der Waals surface area contributed by atoms with Crippen molar-refractivity contribution >= 4 is 17.5 Å². The summed E-state index contributed by atoms with van der Waals surface area (Å²) in [6.07, 6.45) is 1.52. The summed E-state index contributed by atoms with van der Waals surface area (Å²) >= 11 is 0. The second-order valence-corrected chi connectivity index (χ2v) is 8.15. The molecule has 8 heteroatoms. The van der Waals surface area contributed by atoms with Crippen molar-refractivity contribution in [2.75, 3.05) is 32.2 Å². The van der Waals surface area contributed by atoms with Gasteiger partial charge >= 0.3 is 5.97 Å². The predicted molar refractivity (Wildman–Crippen MR) is 126 cm³/mol. The highest BCUT2D eigenvalue weighted by molar-refractivity contribution is 5.71. The Labute approximate surface area is 193 Å². The second kappa shape index (κ2) is 11.3. The third-order valence-corrected chi connectivity index (χ3v) is 4.32. The van der Waals surface area contributed by atoms with Crippen LogP contribution in [-0.2, 0) is 14.3 Å². The molecule has 0 saturated carbocycles. The lowest BCUT2D eigenvalue weighted by Gasteiger charge is -2.19. The average Bonchev–Trinajstić information content (AvgIpc) is 2.79. The highest BCUT2D eigenvalue weighted by Gasteiger charge is 2.15. The summed E-state index contributed by atoms with van der Waals surface area (Å²) in [6.45, 7) is 5.96. The number of anilines is 2. The maximum Gasteiger partial charge on any atom is 0.332 e. The summed E-state index contributed by atoms with van der Waals surface area (Å²) in [6, 6.07) is 17.1. The van der Waals surface area contributed by atoms with E-state index >= 15 is 0 Å².